The van der Waals surface area contributed by atoms with Gasteiger partial charge in [0.1, 0.15) is 12.6 Å². The molecule has 1 aliphatic heterocycles. The summed E-state index contributed by atoms with van der Waals surface area (Å²) < 4.78 is 10.7. The molecule has 1 saturated heterocycles. The Labute approximate surface area is 158 Å². The van der Waals surface area contributed by atoms with Crippen molar-refractivity contribution >= 4 is 23.8 Å². The van der Waals surface area contributed by atoms with Crippen LogP contribution in [0.5, 0.6) is 0 Å². The first-order chi connectivity index (χ1) is 12.5. The van der Waals surface area contributed by atoms with Gasteiger partial charge >= 0.3 is 12.1 Å². The van der Waals surface area contributed by atoms with E-state index in [4.69, 9.17) is 9.47 Å². The standard InChI is InChI=1S/C18H26N2O5S/c1-20-8-9-24-15(11-20)13-26-10-7-16(17(21)22)19-18(23)25-12-14-5-3-2-4-6-14/h2-6,15-16H,7-13H2,1H3,(H,19,23)(H,21,22). The summed E-state index contributed by atoms with van der Waals surface area (Å²) in [6, 6.07) is 8.29. The van der Waals surface area contributed by atoms with Gasteiger partial charge in [-0.1, -0.05) is 30.3 Å². The second-order valence-corrected chi connectivity index (χ2v) is 7.37. The zero-order valence-electron chi connectivity index (χ0n) is 14.9. The van der Waals surface area contributed by atoms with E-state index in [2.05, 4.69) is 17.3 Å². The van der Waals surface area contributed by atoms with E-state index in [-0.39, 0.29) is 12.7 Å². The number of carbonyl (C=O) groups excluding carboxylic acids is 1. The Morgan fingerprint density at radius 2 is 2.19 bits per heavy atom. The van der Waals surface area contributed by atoms with Crippen molar-refractivity contribution in [3.05, 3.63) is 35.9 Å². The largest absolute Gasteiger partial charge is 0.480 e. The number of benzene rings is 1. The third-order valence-electron chi connectivity index (χ3n) is 4.00. The van der Waals surface area contributed by atoms with Gasteiger partial charge < -0.3 is 24.8 Å². The molecule has 1 amide bonds. The maximum absolute atomic E-state index is 11.8. The third kappa shape index (κ3) is 7.63. The summed E-state index contributed by atoms with van der Waals surface area (Å²) in [6.07, 6.45) is -0.211. The fourth-order valence-corrected chi connectivity index (χ4v) is 3.58. The number of hydrogen-bond acceptors (Lipinski definition) is 6. The molecule has 2 N–H and O–H groups in total. The first-order valence-electron chi connectivity index (χ1n) is 8.62. The molecule has 7 nitrogen and oxygen atoms in total. The second-order valence-electron chi connectivity index (χ2n) is 6.22. The SMILES string of the molecule is CN1CCOC(CSCCC(NC(=O)OCc2ccccc2)C(=O)O)C1. The maximum atomic E-state index is 11.8. The molecule has 1 aromatic rings. The van der Waals surface area contributed by atoms with Crippen molar-refractivity contribution in [2.45, 2.75) is 25.2 Å². The molecular formula is C18H26N2O5S. The Morgan fingerprint density at radius 1 is 1.42 bits per heavy atom. The molecular weight excluding hydrogens is 356 g/mol. The van der Waals surface area contributed by atoms with Crippen molar-refractivity contribution < 1.29 is 24.2 Å². The molecule has 2 atom stereocenters. The van der Waals surface area contributed by atoms with E-state index in [1.54, 1.807) is 11.8 Å². The van der Waals surface area contributed by atoms with Crippen molar-refractivity contribution in [2.75, 3.05) is 38.2 Å². The molecule has 8 heteroatoms. The summed E-state index contributed by atoms with van der Waals surface area (Å²) in [5, 5.41) is 11.7. The quantitative estimate of drug-likeness (QED) is 0.630. The van der Waals surface area contributed by atoms with E-state index in [0.717, 1.165) is 31.0 Å². The van der Waals surface area contributed by atoms with Gasteiger partial charge in [-0.3, -0.25) is 0 Å². The van der Waals surface area contributed by atoms with Crippen LogP contribution in [0.2, 0.25) is 0 Å². The number of amides is 1. The van der Waals surface area contributed by atoms with Crippen molar-refractivity contribution in [3.63, 3.8) is 0 Å². The van der Waals surface area contributed by atoms with Crippen molar-refractivity contribution in [3.8, 4) is 0 Å². The lowest BCUT2D eigenvalue weighted by Gasteiger charge is -2.29. The Hall–Kier alpha value is -1.77. The number of likely N-dealkylation sites (N-methyl/N-ethyl adjacent to an activating group) is 1. The fraction of sp³-hybridized carbons (Fsp3) is 0.556. The average Bonchev–Trinajstić information content (AvgIpc) is 2.63. The summed E-state index contributed by atoms with van der Waals surface area (Å²) in [7, 11) is 2.06. The number of hydrogen-bond donors (Lipinski definition) is 2. The lowest BCUT2D eigenvalue weighted by atomic mass is 10.2. The molecule has 0 saturated carbocycles. The van der Waals surface area contributed by atoms with Gasteiger partial charge in [-0.2, -0.15) is 11.8 Å². The van der Waals surface area contributed by atoms with E-state index in [1.807, 2.05) is 30.3 Å². The van der Waals surface area contributed by atoms with Crippen LogP contribution in [-0.4, -0.2) is 72.5 Å². The lowest BCUT2D eigenvalue weighted by molar-refractivity contribution is -0.139. The number of aliphatic carboxylic acids is 1. The van der Waals surface area contributed by atoms with E-state index in [1.165, 1.54) is 0 Å². The molecule has 0 aliphatic carbocycles. The first-order valence-corrected chi connectivity index (χ1v) is 9.78. The second kappa shape index (κ2) is 11.1. The molecule has 0 bridgehead atoms. The van der Waals surface area contributed by atoms with Crippen LogP contribution in [0, 0.1) is 0 Å². The van der Waals surface area contributed by atoms with E-state index in [9.17, 15) is 14.7 Å². The molecule has 1 heterocycles. The Bertz CT molecular complexity index is 572. The number of rotatable bonds is 9. The minimum atomic E-state index is -1.06. The van der Waals surface area contributed by atoms with Crippen LogP contribution < -0.4 is 5.32 Å². The molecule has 0 aromatic heterocycles. The van der Waals surface area contributed by atoms with Gasteiger partial charge in [0.2, 0.25) is 0 Å². The van der Waals surface area contributed by atoms with Crippen molar-refractivity contribution in [1.29, 1.82) is 0 Å². The summed E-state index contributed by atoms with van der Waals surface area (Å²) in [5.41, 5.74) is 0.850. The highest BCUT2D eigenvalue weighted by Crippen LogP contribution is 2.13. The predicted molar refractivity (Wildman–Crippen MR) is 100 cm³/mol. The van der Waals surface area contributed by atoms with Gasteiger partial charge in [-0.05, 0) is 24.8 Å². The van der Waals surface area contributed by atoms with Gasteiger partial charge in [-0.25, -0.2) is 9.59 Å². The first kappa shape index (κ1) is 20.5. The number of morpholine rings is 1. The molecule has 1 aromatic carbocycles. The molecule has 2 unspecified atom stereocenters. The maximum Gasteiger partial charge on any atom is 0.408 e. The summed E-state index contributed by atoms with van der Waals surface area (Å²) in [5.74, 6) is 0.380. The molecule has 1 aliphatic rings. The smallest absolute Gasteiger partial charge is 0.408 e. The van der Waals surface area contributed by atoms with Crippen LogP contribution in [0.25, 0.3) is 0 Å². The molecule has 0 radical (unpaired) electrons. The number of nitrogens with zero attached hydrogens (tertiary/aromatic N) is 1. The summed E-state index contributed by atoms with van der Waals surface area (Å²) >= 11 is 1.64. The number of alkyl carbamates (subject to hydrolysis) is 1. The van der Waals surface area contributed by atoms with Crippen molar-refractivity contribution in [1.82, 2.24) is 10.2 Å². The Kier molecular flexibility index (Phi) is 8.73. The van der Waals surface area contributed by atoms with E-state index in [0.29, 0.717) is 12.2 Å². The number of ether oxygens (including phenoxy) is 2. The molecule has 0 spiro atoms. The highest BCUT2D eigenvalue weighted by Gasteiger charge is 2.21. The van der Waals surface area contributed by atoms with Crippen LogP contribution in [0.1, 0.15) is 12.0 Å². The van der Waals surface area contributed by atoms with Gasteiger partial charge in [0.15, 0.2) is 0 Å². The minimum absolute atomic E-state index is 0.111. The van der Waals surface area contributed by atoms with Crippen LogP contribution >= 0.6 is 11.8 Å². The number of carboxylic acid groups (broad SMARTS) is 1. The Morgan fingerprint density at radius 3 is 2.88 bits per heavy atom. The normalized spacial score (nSPS) is 18.9. The zero-order valence-corrected chi connectivity index (χ0v) is 15.7. The number of nitrogens with one attached hydrogen (secondary N) is 1. The number of carbonyl (C=O) groups is 2. The predicted octanol–water partition coefficient (Wildman–Crippen LogP) is 1.82. The van der Waals surface area contributed by atoms with Crippen LogP contribution in [0.3, 0.4) is 0 Å². The highest BCUT2D eigenvalue weighted by atomic mass is 32.2. The topological polar surface area (TPSA) is 88.1 Å². The van der Waals surface area contributed by atoms with Crippen LogP contribution in [0.15, 0.2) is 30.3 Å². The molecule has 2 rings (SSSR count). The van der Waals surface area contributed by atoms with Crippen LogP contribution in [0.4, 0.5) is 4.79 Å². The van der Waals surface area contributed by atoms with Gasteiger partial charge in [0, 0.05) is 18.8 Å². The summed E-state index contributed by atoms with van der Waals surface area (Å²) in [4.78, 5) is 25.4. The molecule has 26 heavy (non-hydrogen) atoms. The summed E-state index contributed by atoms with van der Waals surface area (Å²) in [6.45, 7) is 2.67. The third-order valence-corrected chi connectivity index (χ3v) is 5.13. The van der Waals surface area contributed by atoms with Gasteiger partial charge in [0.05, 0.1) is 12.7 Å². The van der Waals surface area contributed by atoms with Gasteiger partial charge in [-0.15, -0.1) is 0 Å². The number of thioether (sulfide) groups is 1. The minimum Gasteiger partial charge on any atom is -0.480 e. The van der Waals surface area contributed by atoms with E-state index < -0.39 is 18.1 Å². The highest BCUT2D eigenvalue weighted by molar-refractivity contribution is 7.99. The van der Waals surface area contributed by atoms with Crippen molar-refractivity contribution in [2.24, 2.45) is 0 Å². The monoisotopic (exact) mass is 382 g/mol. The van der Waals surface area contributed by atoms with E-state index >= 15 is 0 Å². The zero-order chi connectivity index (χ0) is 18.8. The van der Waals surface area contributed by atoms with Gasteiger partial charge in [0.25, 0.3) is 0 Å². The molecule has 1 fully saturated rings. The lowest BCUT2D eigenvalue weighted by Crippen LogP contribution is -2.42. The fourth-order valence-electron chi connectivity index (χ4n) is 2.55. The average molecular weight is 382 g/mol. The number of carboxylic acids is 1. The Balaban J connectivity index is 1.65. The molecule has 144 valence electrons. The van der Waals surface area contributed by atoms with Crippen LogP contribution in [-0.2, 0) is 20.9 Å².